The molecule has 2 aromatic rings. The third-order valence-corrected chi connectivity index (χ3v) is 3.97. The number of hydrogen-bond donors (Lipinski definition) is 1. The smallest absolute Gasteiger partial charge is 0.139 e. The number of aliphatic hydroxyl groups is 1. The van der Waals surface area contributed by atoms with E-state index >= 15 is 0 Å². The van der Waals surface area contributed by atoms with Crippen molar-refractivity contribution in [1.82, 2.24) is 0 Å². The molecule has 0 unspecified atom stereocenters. The summed E-state index contributed by atoms with van der Waals surface area (Å²) in [6, 6.07) is 10.8. The molecule has 0 saturated heterocycles. The summed E-state index contributed by atoms with van der Waals surface area (Å²) in [7, 11) is 0. The summed E-state index contributed by atoms with van der Waals surface area (Å²) in [6.07, 6.45) is 0. The summed E-state index contributed by atoms with van der Waals surface area (Å²) in [5.74, 6) is 0.598. The molecule has 2 nitrogen and oxygen atoms in total. The van der Waals surface area contributed by atoms with E-state index in [4.69, 9.17) is 27.9 Å². The van der Waals surface area contributed by atoms with Crippen molar-refractivity contribution < 1.29 is 9.84 Å². The molecule has 0 aromatic heterocycles. The van der Waals surface area contributed by atoms with Crippen LogP contribution in [0.1, 0.15) is 11.1 Å². The third-order valence-electron chi connectivity index (χ3n) is 2.64. The monoisotopic (exact) mass is 360 g/mol. The van der Waals surface area contributed by atoms with Crippen molar-refractivity contribution >= 4 is 39.1 Å². The maximum absolute atomic E-state index is 9.30. The molecule has 100 valence electrons. The predicted molar refractivity (Wildman–Crippen MR) is 80.9 cm³/mol. The molecule has 0 aliphatic rings. The minimum atomic E-state index is -0.0922. The van der Waals surface area contributed by atoms with Crippen LogP contribution in [0.15, 0.2) is 40.9 Å². The van der Waals surface area contributed by atoms with Crippen LogP contribution in [0.3, 0.4) is 0 Å². The molecule has 5 heteroatoms. The summed E-state index contributed by atoms with van der Waals surface area (Å²) in [5.41, 5.74) is 1.43. The van der Waals surface area contributed by atoms with Gasteiger partial charge in [-0.2, -0.15) is 0 Å². The Bertz CT molecular complexity index is 567. The summed E-state index contributed by atoms with van der Waals surface area (Å²) < 4.78 is 6.51. The topological polar surface area (TPSA) is 29.5 Å². The first-order valence-electron chi connectivity index (χ1n) is 5.57. The van der Waals surface area contributed by atoms with Gasteiger partial charge in [0.2, 0.25) is 0 Å². The van der Waals surface area contributed by atoms with Gasteiger partial charge in [-0.05, 0) is 34.1 Å². The first-order chi connectivity index (χ1) is 9.13. The van der Waals surface area contributed by atoms with E-state index in [9.17, 15) is 5.11 Å². The number of ether oxygens (including phenoxy) is 1. The lowest BCUT2D eigenvalue weighted by molar-refractivity contribution is 0.258. The molecule has 0 bridgehead atoms. The molecule has 0 aliphatic heterocycles. The van der Waals surface area contributed by atoms with E-state index in [1.54, 1.807) is 24.3 Å². The first-order valence-corrected chi connectivity index (χ1v) is 7.12. The zero-order valence-corrected chi connectivity index (χ0v) is 13.0. The number of aliphatic hydroxyl groups excluding tert-OH is 1. The Balaban J connectivity index is 2.24. The Morgan fingerprint density at radius 3 is 2.32 bits per heavy atom. The van der Waals surface area contributed by atoms with Gasteiger partial charge in [0.15, 0.2) is 0 Å². The minimum absolute atomic E-state index is 0.0922. The molecule has 0 amide bonds. The Morgan fingerprint density at radius 1 is 1.05 bits per heavy atom. The number of rotatable bonds is 4. The molecule has 0 radical (unpaired) electrons. The zero-order chi connectivity index (χ0) is 13.8. The fourth-order valence-electron chi connectivity index (χ4n) is 1.65. The van der Waals surface area contributed by atoms with Gasteiger partial charge in [0.05, 0.1) is 11.1 Å². The van der Waals surface area contributed by atoms with E-state index in [1.807, 2.05) is 12.1 Å². The third kappa shape index (κ3) is 3.42. The second-order valence-electron chi connectivity index (χ2n) is 3.88. The molecule has 1 N–H and O–H groups in total. The van der Waals surface area contributed by atoms with Crippen LogP contribution in [0.5, 0.6) is 5.75 Å². The molecule has 0 heterocycles. The largest absolute Gasteiger partial charge is 0.487 e. The van der Waals surface area contributed by atoms with Gasteiger partial charge in [0.25, 0.3) is 0 Å². The van der Waals surface area contributed by atoms with Crippen LogP contribution in [0.25, 0.3) is 0 Å². The second kappa shape index (κ2) is 6.62. The normalized spacial score (nSPS) is 10.5. The molecule has 2 aromatic carbocycles. The highest BCUT2D eigenvalue weighted by Crippen LogP contribution is 2.32. The maximum atomic E-state index is 9.30. The molecule has 0 spiro atoms. The van der Waals surface area contributed by atoms with Gasteiger partial charge in [0, 0.05) is 21.2 Å². The van der Waals surface area contributed by atoms with Gasteiger partial charge in [0.1, 0.15) is 12.4 Å². The van der Waals surface area contributed by atoms with Gasteiger partial charge in [-0.3, -0.25) is 0 Å². The number of para-hydroxylation sites is 1. The van der Waals surface area contributed by atoms with Crippen molar-refractivity contribution in [1.29, 1.82) is 0 Å². The van der Waals surface area contributed by atoms with Crippen molar-refractivity contribution in [2.75, 3.05) is 0 Å². The van der Waals surface area contributed by atoms with Crippen LogP contribution in [-0.2, 0) is 13.2 Å². The van der Waals surface area contributed by atoms with Crippen molar-refractivity contribution in [3.05, 3.63) is 62.0 Å². The standard InChI is InChI=1S/C14H11BrCl2O2/c15-11-4-1-3-9(7-18)14(11)19-8-10-12(16)5-2-6-13(10)17/h1-6,18H,7-8H2. The van der Waals surface area contributed by atoms with Gasteiger partial charge in [-0.25, -0.2) is 0 Å². The Kier molecular flexibility index (Phi) is 5.11. The van der Waals surface area contributed by atoms with E-state index in [-0.39, 0.29) is 13.2 Å². The van der Waals surface area contributed by atoms with Crippen LogP contribution >= 0.6 is 39.1 Å². The lowest BCUT2D eigenvalue weighted by Gasteiger charge is -2.13. The molecular formula is C14H11BrCl2O2. The second-order valence-corrected chi connectivity index (χ2v) is 5.54. The summed E-state index contributed by atoms with van der Waals surface area (Å²) in [4.78, 5) is 0. The molecular weight excluding hydrogens is 351 g/mol. The zero-order valence-electron chi connectivity index (χ0n) is 9.87. The SMILES string of the molecule is OCc1cccc(Br)c1OCc1c(Cl)cccc1Cl. The predicted octanol–water partition coefficient (Wildman–Crippen LogP) is 4.83. The summed E-state index contributed by atoms with van der Waals surface area (Å²) in [6.45, 7) is 0.152. The lowest BCUT2D eigenvalue weighted by atomic mass is 10.2. The maximum Gasteiger partial charge on any atom is 0.139 e. The number of benzene rings is 2. The molecule has 0 saturated carbocycles. The lowest BCUT2D eigenvalue weighted by Crippen LogP contribution is -2.01. The van der Waals surface area contributed by atoms with Crippen molar-refractivity contribution in [2.45, 2.75) is 13.2 Å². The quantitative estimate of drug-likeness (QED) is 0.845. The first kappa shape index (κ1) is 14.7. The summed E-state index contributed by atoms with van der Waals surface area (Å²) >= 11 is 15.6. The van der Waals surface area contributed by atoms with E-state index < -0.39 is 0 Å². The molecule has 0 aliphatic carbocycles. The average molecular weight is 362 g/mol. The molecule has 2 rings (SSSR count). The van der Waals surface area contributed by atoms with Crippen molar-refractivity contribution in [2.24, 2.45) is 0 Å². The number of halogens is 3. The highest BCUT2D eigenvalue weighted by molar-refractivity contribution is 9.10. The van der Waals surface area contributed by atoms with E-state index in [2.05, 4.69) is 15.9 Å². The van der Waals surface area contributed by atoms with Crippen LogP contribution in [-0.4, -0.2) is 5.11 Å². The van der Waals surface area contributed by atoms with Crippen LogP contribution in [0.4, 0.5) is 0 Å². The van der Waals surface area contributed by atoms with Gasteiger partial charge in [-0.1, -0.05) is 41.4 Å². The molecule has 19 heavy (non-hydrogen) atoms. The Hall–Kier alpha value is -0.740. The van der Waals surface area contributed by atoms with Crippen molar-refractivity contribution in [3.8, 4) is 5.75 Å². The van der Waals surface area contributed by atoms with Crippen LogP contribution in [0.2, 0.25) is 10.0 Å². The van der Waals surface area contributed by atoms with Gasteiger partial charge in [-0.15, -0.1) is 0 Å². The van der Waals surface area contributed by atoms with Gasteiger partial charge < -0.3 is 9.84 Å². The minimum Gasteiger partial charge on any atom is -0.487 e. The average Bonchev–Trinajstić information content (AvgIpc) is 2.39. The highest BCUT2D eigenvalue weighted by Gasteiger charge is 2.10. The van der Waals surface area contributed by atoms with Crippen LogP contribution in [0, 0.1) is 0 Å². The molecule has 0 atom stereocenters. The van der Waals surface area contributed by atoms with E-state index in [1.165, 1.54) is 0 Å². The Morgan fingerprint density at radius 2 is 1.68 bits per heavy atom. The molecule has 0 fully saturated rings. The van der Waals surface area contributed by atoms with Gasteiger partial charge >= 0.3 is 0 Å². The van der Waals surface area contributed by atoms with Crippen molar-refractivity contribution in [3.63, 3.8) is 0 Å². The Labute approximate surface area is 130 Å². The fraction of sp³-hybridized carbons (Fsp3) is 0.143. The number of hydrogen-bond acceptors (Lipinski definition) is 2. The highest BCUT2D eigenvalue weighted by atomic mass is 79.9. The van der Waals surface area contributed by atoms with E-state index in [0.29, 0.717) is 21.4 Å². The van der Waals surface area contributed by atoms with E-state index in [0.717, 1.165) is 10.0 Å². The fourth-order valence-corrected chi connectivity index (χ4v) is 2.68. The van der Waals surface area contributed by atoms with Crippen LogP contribution < -0.4 is 4.74 Å². The summed E-state index contributed by atoms with van der Waals surface area (Å²) in [5, 5.41) is 10.4.